The molecule has 1 aromatic heterocycles. The molecule has 0 unspecified atom stereocenters. The average Bonchev–Trinajstić information content (AvgIpc) is 3.56. The van der Waals surface area contributed by atoms with Crippen LogP contribution < -0.4 is 16.4 Å². The first kappa shape index (κ1) is 25.2. The number of rotatable bonds is 9. The lowest BCUT2D eigenvalue weighted by molar-refractivity contribution is -0.140. The number of primary amides is 1. The maximum Gasteiger partial charge on any atom is 0.419 e. The van der Waals surface area contributed by atoms with E-state index in [1.54, 1.807) is 0 Å². The Morgan fingerprint density at radius 1 is 1.26 bits per heavy atom. The number of carbonyl (C=O) groups is 5. The Labute approximate surface area is 197 Å². The van der Waals surface area contributed by atoms with Crippen molar-refractivity contribution in [2.45, 2.75) is 83.0 Å². The largest absolute Gasteiger partial charge is 0.446 e. The van der Waals surface area contributed by atoms with E-state index in [4.69, 9.17) is 10.5 Å². The Balaban J connectivity index is 1.76. The lowest BCUT2D eigenvalue weighted by Crippen LogP contribution is -2.56. The molecule has 4 N–H and O–H groups in total. The van der Waals surface area contributed by atoms with Crippen LogP contribution in [-0.2, 0) is 30.3 Å². The zero-order valence-corrected chi connectivity index (χ0v) is 19.5. The molecule has 12 heteroatoms. The van der Waals surface area contributed by atoms with Crippen molar-refractivity contribution in [3.8, 4) is 0 Å². The van der Waals surface area contributed by atoms with Crippen molar-refractivity contribution in [3.05, 3.63) is 18.2 Å². The molecule has 1 aromatic rings. The first-order valence-corrected chi connectivity index (χ1v) is 11.7. The van der Waals surface area contributed by atoms with E-state index in [1.165, 1.54) is 22.0 Å². The van der Waals surface area contributed by atoms with Gasteiger partial charge >= 0.3 is 6.09 Å². The molecule has 2 fully saturated rings. The van der Waals surface area contributed by atoms with Gasteiger partial charge in [-0.2, -0.15) is 0 Å². The lowest BCUT2D eigenvalue weighted by Gasteiger charge is -2.28. The number of carbonyl (C=O) groups excluding carboxylic acids is 5. The monoisotopic (exact) mass is 476 g/mol. The number of nitrogens with two attached hydrogens (primary N) is 1. The summed E-state index contributed by atoms with van der Waals surface area (Å²) in [5, 5.41) is 5.27. The number of nitrogens with zero attached hydrogens (tertiary/aromatic N) is 3. The van der Waals surface area contributed by atoms with E-state index >= 15 is 0 Å². The number of imidazole rings is 1. The van der Waals surface area contributed by atoms with Gasteiger partial charge in [0, 0.05) is 25.6 Å². The highest BCUT2D eigenvalue weighted by atomic mass is 16.6. The second kappa shape index (κ2) is 11.1. The summed E-state index contributed by atoms with van der Waals surface area (Å²) >= 11 is 0. The average molecular weight is 477 g/mol. The van der Waals surface area contributed by atoms with Gasteiger partial charge in [-0.15, -0.1) is 0 Å². The van der Waals surface area contributed by atoms with Crippen LogP contribution in [0.3, 0.4) is 0 Å². The van der Waals surface area contributed by atoms with Crippen LogP contribution in [0.5, 0.6) is 0 Å². The summed E-state index contributed by atoms with van der Waals surface area (Å²) in [5.41, 5.74) is 5.84. The van der Waals surface area contributed by atoms with Crippen molar-refractivity contribution >= 4 is 29.7 Å². The molecule has 0 bridgehead atoms. The fourth-order valence-electron chi connectivity index (χ4n) is 4.25. The predicted octanol–water partition coefficient (Wildman–Crippen LogP) is -0.161. The van der Waals surface area contributed by atoms with Gasteiger partial charge in [-0.05, 0) is 32.1 Å². The molecule has 0 spiro atoms. The van der Waals surface area contributed by atoms with Gasteiger partial charge in [0.25, 0.3) is 0 Å². The van der Waals surface area contributed by atoms with Crippen LogP contribution in [0.15, 0.2) is 12.5 Å². The molecular weight excluding hydrogens is 444 g/mol. The molecule has 3 atom stereocenters. The minimum Gasteiger partial charge on any atom is -0.446 e. The van der Waals surface area contributed by atoms with Gasteiger partial charge in [0.05, 0.1) is 5.69 Å². The number of aromatic nitrogens is 2. The quantitative estimate of drug-likeness (QED) is 0.445. The second-order valence-corrected chi connectivity index (χ2v) is 8.61. The normalized spacial score (nSPS) is 20.8. The van der Waals surface area contributed by atoms with Gasteiger partial charge in [-0.1, -0.05) is 13.8 Å². The number of hydrogen-bond donors (Lipinski definition) is 3. The topological polar surface area (TPSA) is 166 Å². The van der Waals surface area contributed by atoms with Crippen molar-refractivity contribution < 1.29 is 28.7 Å². The van der Waals surface area contributed by atoms with Crippen LogP contribution in [0.4, 0.5) is 4.79 Å². The number of ether oxygens (including phenoxy) is 1. The Hall–Kier alpha value is -3.44. The highest BCUT2D eigenvalue weighted by Crippen LogP contribution is 2.19. The first-order chi connectivity index (χ1) is 16.2. The van der Waals surface area contributed by atoms with Crippen LogP contribution in [-0.4, -0.2) is 74.9 Å². The molecule has 4 amide bonds. The minimum absolute atomic E-state index is 0.0154. The van der Waals surface area contributed by atoms with E-state index in [0.29, 0.717) is 44.3 Å². The molecular formula is C22H32N6O6. The summed E-state index contributed by atoms with van der Waals surface area (Å²) in [4.78, 5) is 67.3. The molecule has 3 heterocycles. The number of amides is 4. The van der Waals surface area contributed by atoms with Gasteiger partial charge in [0.15, 0.2) is 0 Å². The smallest absolute Gasteiger partial charge is 0.419 e. The SMILES string of the molecule is CCC(CC)OC(=O)n1cnc(C[C@H](NC(=O)[C@@H]2CCC(=O)N2)C(=O)N2CCC[C@H]2C(N)=O)c1. The molecule has 0 saturated carbocycles. The molecule has 34 heavy (non-hydrogen) atoms. The summed E-state index contributed by atoms with van der Waals surface area (Å²) in [5.74, 6) is -1.79. The standard InChI is InChI=1S/C22H32N6O6/c1-3-14(4-2)34-22(33)27-11-13(24-12-27)10-16(26-20(31)15-7-8-18(29)25-15)21(32)28-9-5-6-17(28)19(23)30/h11-12,14-17H,3-10H2,1-2H3,(H2,23,30)(H,25,29)(H,26,31)/t15-,16-,17-/m0/s1. The Morgan fingerprint density at radius 3 is 2.62 bits per heavy atom. The molecule has 0 aliphatic carbocycles. The van der Waals surface area contributed by atoms with Crippen LogP contribution in [0, 0.1) is 0 Å². The first-order valence-electron chi connectivity index (χ1n) is 11.7. The Bertz CT molecular complexity index is 942. The Kier molecular flexibility index (Phi) is 8.24. The van der Waals surface area contributed by atoms with Gasteiger partial charge < -0.3 is 26.0 Å². The maximum atomic E-state index is 13.3. The van der Waals surface area contributed by atoms with E-state index < -0.39 is 41.9 Å². The van der Waals surface area contributed by atoms with Crippen molar-refractivity contribution in [2.24, 2.45) is 5.73 Å². The maximum absolute atomic E-state index is 13.3. The predicted molar refractivity (Wildman–Crippen MR) is 119 cm³/mol. The van der Waals surface area contributed by atoms with Crippen LogP contribution in [0.2, 0.25) is 0 Å². The third kappa shape index (κ3) is 5.91. The van der Waals surface area contributed by atoms with Gasteiger partial charge in [0.2, 0.25) is 23.6 Å². The fraction of sp³-hybridized carbons (Fsp3) is 0.636. The third-order valence-electron chi connectivity index (χ3n) is 6.23. The fourth-order valence-corrected chi connectivity index (χ4v) is 4.25. The van der Waals surface area contributed by atoms with Crippen LogP contribution >= 0.6 is 0 Å². The van der Waals surface area contributed by atoms with Gasteiger partial charge in [-0.25, -0.2) is 14.3 Å². The highest BCUT2D eigenvalue weighted by Gasteiger charge is 2.38. The summed E-state index contributed by atoms with van der Waals surface area (Å²) in [6, 6.07) is -2.53. The van der Waals surface area contributed by atoms with E-state index in [0.717, 1.165) is 0 Å². The van der Waals surface area contributed by atoms with Gasteiger partial charge in [0.1, 0.15) is 30.6 Å². The minimum atomic E-state index is -1.05. The number of hydrogen-bond acceptors (Lipinski definition) is 7. The van der Waals surface area contributed by atoms with Crippen molar-refractivity contribution in [1.29, 1.82) is 0 Å². The van der Waals surface area contributed by atoms with E-state index in [-0.39, 0.29) is 24.9 Å². The molecule has 0 radical (unpaired) electrons. The van der Waals surface area contributed by atoms with Gasteiger partial charge in [-0.3, -0.25) is 19.2 Å². The lowest BCUT2D eigenvalue weighted by atomic mass is 10.1. The number of nitrogens with one attached hydrogen (secondary N) is 2. The summed E-state index contributed by atoms with van der Waals surface area (Å²) in [6.45, 7) is 4.18. The molecule has 186 valence electrons. The van der Waals surface area contributed by atoms with Crippen molar-refractivity contribution in [1.82, 2.24) is 25.1 Å². The second-order valence-electron chi connectivity index (χ2n) is 8.61. The highest BCUT2D eigenvalue weighted by molar-refractivity contribution is 5.95. The zero-order valence-electron chi connectivity index (χ0n) is 19.5. The zero-order chi connectivity index (χ0) is 24.8. The summed E-state index contributed by atoms with van der Waals surface area (Å²) in [6.07, 6.45) is 4.93. The Morgan fingerprint density at radius 2 is 2.00 bits per heavy atom. The van der Waals surface area contributed by atoms with Crippen molar-refractivity contribution in [2.75, 3.05) is 6.54 Å². The summed E-state index contributed by atoms with van der Waals surface area (Å²) < 4.78 is 6.60. The molecule has 3 rings (SSSR count). The molecule has 2 saturated heterocycles. The van der Waals surface area contributed by atoms with Crippen LogP contribution in [0.25, 0.3) is 0 Å². The molecule has 2 aliphatic rings. The van der Waals surface area contributed by atoms with E-state index in [9.17, 15) is 24.0 Å². The summed E-state index contributed by atoms with van der Waals surface area (Å²) in [7, 11) is 0. The number of likely N-dealkylation sites (tertiary alicyclic amines) is 1. The third-order valence-corrected chi connectivity index (χ3v) is 6.23. The van der Waals surface area contributed by atoms with Crippen molar-refractivity contribution in [3.63, 3.8) is 0 Å². The molecule has 0 aromatic carbocycles. The molecule has 12 nitrogen and oxygen atoms in total. The van der Waals surface area contributed by atoms with E-state index in [2.05, 4.69) is 15.6 Å². The molecule has 2 aliphatic heterocycles. The van der Waals surface area contributed by atoms with Crippen LogP contribution in [0.1, 0.15) is 58.1 Å². The van der Waals surface area contributed by atoms with E-state index in [1.807, 2.05) is 13.8 Å².